The van der Waals surface area contributed by atoms with E-state index in [0.717, 1.165) is 6.42 Å². The second kappa shape index (κ2) is 4.98. The fraction of sp³-hybridized carbons (Fsp3) is 0.538. The predicted octanol–water partition coefficient (Wildman–Crippen LogP) is 4.41. The van der Waals surface area contributed by atoms with E-state index in [4.69, 9.17) is 11.6 Å². The van der Waals surface area contributed by atoms with E-state index in [2.05, 4.69) is 20.8 Å². The Morgan fingerprint density at radius 2 is 1.87 bits per heavy atom. The van der Waals surface area contributed by atoms with Gasteiger partial charge in [-0.15, -0.1) is 11.6 Å². The van der Waals surface area contributed by atoms with Gasteiger partial charge in [-0.25, -0.2) is 4.39 Å². The third kappa shape index (κ3) is 4.65. The summed E-state index contributed by atoms with van der Waals surface area (Å²) in [6.45, 7) is 6.43. The minimum absolute atomic E-state index is 0.00176. The molecule has 1 aromatic rings. The van der Waals surface area contributed by atoms with Gasteiger partial charge in [0.05, 0.1) is 0 Å². The molecule has 0 saturated carbocycles. The minimum Gasteiger partial charge on any atom is -0.207 e. The van der Waals surface area contributed by atoms with E-state index in [1.54, 1.807) is 12.1 Å². The number of halogens is 2. The number of rotatable bonds is 3. The summed E-state index contributed by atoms with van der Waals surface area (Å²) in [5.74, 6) is -0.156. The first kappa shape index (κ1) is 12.5. The summed E-state index contributed by atoms with van der Waals surface area (Å²) in [5, 5.41) is 0.00176. The van der Waals surface area contributed by atoms with Crippen molar-refractivity contribution in [2.45, 2.75) is 39.0 Å². The van der Waals surface area contributed by atoms with Crippen LogP contribution in [0.15, 0.2) is 24.3 Å². The van der Waals surface area contributed by atoms with Crippen molar-refractivity contribution >= 4 is 11.6 Å². The number of alkyl halides is 1. The smallest absolute Gasteiger partial charge is 0.126 e. The van der Waals surface area contributed by atoms with Gasteiger partial charge in [-0.2, -0.15) is 0 Å². The summed E-state index contributed by atoms with van der Waals surface area (Å²) in [6, 6.07) is 6.83. The molecule has 1 aromatic carbocycles. The third-order valence-corrected chi connectivity index (χ3v) is 2.54. The van der Waals surface area contributed by atoms with Crippen molar-refractivity contribution in [2.75, 3.05) is 0 Å². The first-order valence-electron chi connectivity index (χ1n) is 5.26. The van der Waals surface area contributed by atoms with Crippen LogP contribution in [0, 0.1) is 11.2 Å². The van der Waals surface area contributed by atoms with Gasteiger partial charge in [-0.3, -0.25) is 0 Å². The molecule has 1 unspecified atom stereocenters. The van der Waals surface area contributed by atoms with Crippen molar-refractivity contribution in [1.29, 1.82) is 0 Å². The Morgan fingerprint density at radius 3 is 2.40 bits per heavy atom. The van der Waals surface area contributed by atoms with E-state index < -0.39 is 0 Å². The molecular formula is C13H18ClF. The van der Waals surface area contributed by atoms with Crippen LogP contribution in [0.25, 0.3) is 0 Å². The molecule has 1 atom stereocenters. The van der Waals surface area contributed by atoms with Gasteiger partial charge in [0, 0.05) is 5.38 Å². The van der Waals surface area contributed by atoms with Crippen molar-refractivity contribution in [3.8, 4) is 0 Å². The Hall–Kier alpha value is -0.560. The highest BCUT2D eigenvalue weighted by Crippen LogP contribution is 2.26. The molecule has 1 rings (SSSR count). The Morgan fingerprint density at radius 1 is 1.27 bits per heavy atom. The van der Waals surface area contributed by atoms with Gasteiger partial charge in [0.25, 0.3) is 0 Å². The Labute approximate surface area is 96.5 Å². The summed E-state index contributed by atoms with van der Waals surface area (Å²) in [5.41, 5.74) is 0.902. The molecule has 0 saturated heterocycles. The molecule has 0 aliphatic heterocycles. The summed E-state index contributed by atoms with van der Waals surface area (Å²) in [7, 11) is 0. The third-order valence-electron chi connectivity index (χ3n) is 2.23. The number of hydrogen-bond donors (Lipinski definition) is 0. The van der Waals surface area contributed by atoms with Crippen molar-refractivity contribution in [2.24, 2.45) is 5.41 Å². The summed E-state index contributed by atoms with van der Waals surface area (Å²) in [6.07, 6.45) is 1.49. The average molecular weight is 229 g/mol. The van der Waals surface area contributed by atoms with Crippen LogP contribution in [-0.4, -0.2) is 5.38 Å². The molecule has 2 heteroatoms. The van der Waals surface area contributed by atoms with E-state index >= 15 is 0 Å². The highest BCUT2D eigenvalue weighted by Gasteiger charge is 2.18. The zero-order valence-corrected chi connectivity index (χ0v) is 10.3. The highest BCUT2D eigenvalue weighted by atomic mass is 35.5. The van der Waals surface area contributed by atoms with Gasteiger partial charge < -0.3 is 0 Å². The van der Waals surface area contributed by atoms with Gasteiger partial charge in [-0.1, -0.05) is 39.0 Å². The summed E-state index contributed by atoms with van der Waals surface area (Å²) in [4.78, 5) is 0. The van der Waals surface area contributed by atoms with Crippen LogP contribution in [0.5, 0.6) is 0 Å². The van der Waals surface area contributed by atoms with Crippen molar-refractivity contribution in [1.82, 2.24) is 0 Å². The molecule has 84 valence electrons. The second-order valence-electron chi connectivity index (χ2n) is 5.16. The van der Waals surface area contributed by atoms with Crippen LogP contribution in [0.1, 0.15) is 32.8 Å². The maximum atomic E-state index is 13.3. The van der Waals surface area contributed by atoms with Crippen molar-refractivity contribution in [3.05, 3.63) is 35.6 Å². The van der Waals surface area contributed by atoms with E-state index in [1.807, 2.05) is 6.07 Å². The van der Waals surface area contributed by atoms with Crippen LogP contribution in [0.2, 0.25) is 0 Å². The van der Waals surface area contributed by atoms with Crippen molar-refractivity contribution in [3.63, 3.8) is 0 Å². The largest absolute Gasteiger partial charge is 0.207 e. The molecule has 0 aromatic heterocycles. The Bertz CT molecular complexity index is 315. The molecule has 0 spiro atoms. The Kier molecular flexibility index (Phi) is 4.15. The van der Waals surface area contributed by atoms with Crippen molar-refractivity contribution < 1.29 is 4.39 Å². The fourth-order valence-corrected chi connectivity index (χ4v) is 2.27. The zero-order chi connectivity index (χ0) is 11.5. The molecule has 0 radical (unpaired) electrons. The van der Waals surface area contributed by atoms with Gasteiger partial charge in [0.2, 0.25) is 0 Å². The molecular weight excluding hydrogens is 211 g/mol. The number of benzene rings is 1. The zero-order valence-electron chi connectivity index (χ0n) is 9.56. The molecule has 15 heavy (non-hydrogen) atoms. The van der Waals surface area contributed by atoms with E-state index in [0.29, 0.717) is 12.0 Å². The lowest BCUT2D eigenvalue weighted by molar-refractivity contribution is 0.368. The molecule has 0 aliphatic rings. The van der Waals surface area contributed by atoms with Crippen LogP contribution in [0.4, 0.5) is 4.39 Å². The molecule has 0 bridgehead atoms. The molecule has 0 amide bonds. The fourth-order valence-electron chi connectivity index (χ4n) is 1.64. The standard InChI is InChI=1S/C13H18ClF/c1-13(2,3)9-11(14)8-10-6-4-5-7-12(10)15/h4-7,11H,8-9H2,1-3H3. The number of hydrogen-bond acceptors (Lipinski definition) is 0. The van der Waals surface area contributed by atoms with Gasteiger partial charge in [0.15, 0.2) is 0 Å². The van der Waals surface area contributed by atoms with Gasteiger partial charge in [0.1, 0.15) is 5.82 Å². The van der Waals surface area contributed by atoms with Gasteiger partial charge >= 0.3 is 0 Å². The monoisotopic (exact) mass is 228 g/mol. The molecule has 0 aliphatic carbocycles. The van der Waals surface area contributed by atoms with E-state index in [-0.39, 0.29) is 16.6 Å². The second-order valence-corrected chi connectivity index (χ2v) is 5.77. The normalized spacial score (nSPS) is 13.9. The predicted molar refractivity (Wildman–Crippen MR) is 63.8 cm³/mol. The van der Waals surface area contributed by atoms with Crippen LogP contribution in [0.3, 0.4) is 0 Å². The Balaban J connectivity index is 2.59. The minimum atomic E-state index is -0.156. The maximum absolute atomic E-state index is 13.3. The first-order valence-corrected chi connectivity index (χ1v) is 5.69. The first-order chi connectivity index (χ1) is 6.88. The lowest BCUT2D eigenvalue weighted by Gasteiger charge is -2.21. The maximum Gasteiger partial charge on any atom is 0.126 e. The SMILES string of the molecule is CC(C)(C)CC(Cl)Cc1ccccc1F. The summed E-state index contributed by atoms with van der Waals surface area (Å²) >= 11 is 6.21. The topological polar surface area (TPSA) is 0 Å². The lowest BCUT2D eigenvalue weighted by atomic mass is 9.88. The van der Waals surface area contributed by atoms with Crippen LogP contribution < -0.4 is 0 Å². The van der Waals surface area contributed by atoms with Crippen LogP contribution in [-0.2, 0) is 6.42 Å². The molecule has 0 N–H and O–H groups in total. The van der Waals surface area contributed by atoms with Gasteiger partial charge in [-0.05, 0) is 29.9 Å². The molecule has 0 fully saturated rings. The lowest BCUT2D eigenvalue weighted by Crippen LogP contribution is -2.15. The quantitative estimate of drug-likeness (QED) is 0.673. The van der Waals surface area contributed by atoms with E-state index in [9.17, 15) is 4.39 Å². The highest BCUT2D eigenvalue weighted by molar-refractivity contribution is 6.20. The molecule has 0 nitrogen and oxygen atoms in total. The van der Waals surface area contributed by atoms with E-state index in [1.165, 1.54) is 6.07 Å². The average Bonchev–Trinajstić information content (AvgIpc) is 2.05. The molecule has 0 heterocycles. The van der Waals surface area contributed by atoms with Crippen LogP contribution >= 0.6 is 11.6 Å². The summed E-state index contributed by atoms with van der Waals surface area (Å²) < 4.78 is 13.3.